The molecule has 0 radical (unpaired) electrons. The molecule has 1 unspecified atom stereocenters. The first-order valence-corrected chi connectivity index (χ1v) is 9.22. The largest absolute Gasteiger partial charge is 0.463 e. The predicted molar refractivity (Wildman–Crippen MR) is 101 cm³/mol. The molecule has 2 atom stereocenters. The van der Waals surface area contributed by atoms with Gasteiger partial charge in [-0.2, -0.15) is 0 Å². The molecule has 1 aromatic carbocycles. The SMILES string of the molecule is CCOC(=O)C1CC([C@H](CC(C)C)NC(=O)c2cc(Cl)ccc2Cl)=NO1. The van der Waals surface area contributed by atoms with Gasteiger partial charge >= 0.3 is 5.97 Å². The molecule has 1 N–H and O–H groups in total. The lowest BCUT2D eigenvalue weighted by Gasteiger charge is -2.20. The van der Waals surface area contributed by atoms with E-state index in [4.69, 9.17) is 32.8 Å². The maximum atomic E-state index is 12.6. The van der Waals surface area contributed by atoms with Gasteiger partial charge in [0.2, 0.25) is 6.10 Å². The number of halogens is 2. The van der Waals surface area contributed by atoms with Gasteiger partial charge in [-0.3, -0.25) is 4.79 Å². The van der Waals surface area contributed by atoms with E-state index in [0.717, 1.165) is 0 Å². The van der Waals surface area contributed by atoms with Crippen molar-refractivity contribution in [3.05, 3.63) is 33.8 Å². The van der Waals surface area contributed by atoms with E-state index in [1.54, 1.807) is 19.1 Å². The van der Waals surface area contributed by atoms with Crippen LogP contribution in [0.25, 0.3) is 0 Å². The molecule has 1 aliphatic heterocycles. The van der Waals surface area contributed by atoms with Crippen molar-refractivity contribution in [2.24, 2.45) is 11.1 Å². The topological polar surface area (TPSA) is 77.0 Å². The van der Waals surface area contributed by atoms with Gasteiger partial charge in [-0.15, -0.1) is 0 Å². The summed E-state index contributed by atoms with van der Waals surface area (Å²) in [5, 5.41) is 7.65. The number of benzene rings is 1. The zero-order chi connectivity index (χ0) is 19.3. The number of carbonyl (C=O) groups is 2. The number of carbonyl (C=O) groups excluding carboxylic acids is 2. The maximum Gasteiger partial charge on any atom is 0.350 e. The van der Waals surface area contributed by atoms with Crippen LogP contribution in [0.4, 0.5) is 0 Å². The lowest BCUT2D eigenvalue weighted by molar-refractivity contribution is -0.154. The Morgan fingerprint density at radius 2 is 2.12 bits per heavy atom. The number of oxime groups is 1. The molecule has 0 fully saturated rings. The summed E-state index contributed by atoms with van der Waals surface area (Å²) < 4.78 is 4.96. The summed E-state index contributed by atoms with van der Waals surface area (Å²) in [5.74, 6) is -0.524. The number of rotatable bonds is 7. The number of nitrogens with zero attached hydrogens (tertiary/aromatic N) is 1. The van der Waals surface area contributed by atoms with Gasteiger partial charge in [0, 0.05) is 11.4 Å². The van der Waals surface area contributed by atoms with Crippen molar-refractivity contribution in [3.8, 4) is 0 Å². The van der Waals surface area contributed by atoms with Gasteiger partial charge in [0.25, 0.3) is 5.91 Å². The lowest BCUT2D eigenvalue weighted by Crippen LogP contribution is -2.42. The Morgan fingerprint density at radius 1 is 1.38 bits per heavy atom. The fourth-order valence-corrected chi connectivity index (χ4v) is 3.00. The molecule has 0 saturated carbocycles. The second-order valence-corrected chi connectivity index (χ2v) is 7.26. The van der Waals surface area contributed by atoms with E-state index in [0.29, 0.717) is 28.1 Å². The Bertz CT molecular complexity index is 706. The molecule has 1 heterocycles. The zero-order valence-corrected chi connectivity index (χ0v) is 16.4. The van der Waals surface area contributed by atoms with Crippen LogP contribution in [0.15, 0.2) is 23.4 Å². The number of ether oxygens (including phenoxy) is 1. The highest BCUT2D eigenvalue weighted by Crippen LogP contribution is 2.22. The van der Waals surface area contributed by atoms with Crippen LogP contribution in [0.5, 0.6) is 0 Å². The molecule has 0 aliphatic carbocycles. The Balaban J connectivity index is 2.12. The highest BCUT2D eigenvalue weighted by molar-refractivity contribution is 6.35. The normalized spacial score (nSPS) is 17.5. The van der Waals surface area contributed by atoms with Crippen molar-refractivity contribution < 1.29 is 19.2 Å². The standard InChI is InChI=1S/C18H22Cl2N2O4/c1-4-25-18(24)16-9-15(22-26-16)14(7-10(2)3)21-17(23)12-8-11(19)5-6-13(12)20/h5-6,8,10,14,16H,4,7,9H2,1-3H3,(H,21,23)/t14-,16?/m0/s1. The Labute approximate surface area is 162 Å². The summed E-state index contributed by atoms with van der Waals surface area (Å²) in [5.41, 5.74) is 0.887. The van der Waals surface area contributed by atoms with Crippen LogP contribution in [0.3, 0.4) is 0 Å². The fraction of sp³-hybridized carbons (Fsp3) is 0.500. The van der Waals surface area contributed by atoms with E-state index in [9.17, 15) is 9.59 Å². The molecule has 1 aliphatic rings. The number of nitrogens with one attached hydrogen (secondary N) is 1. The summed E-state index contributed by atoms with van der Waals surface area (Å²) in [6.07, 6.45) is 0.146. The van der Waals surface area contributed by atoms with Gasteiger partial charge in [-0.05, 0) is 37.5 Å². The van der Waals surface area contributed by atoms with Crippen molar-refractivity contribution in [2.75, 3.05) is 6.61 Å². The molecular weight excluding hydrogens is 379 g/mol. The first kappa shape index (κ1) is 20.5. The minimum Gasteiger partial charge on any atom is -0.463 e. The third-order valence-corrected chi connectivity index (χ3v) is 4.39. The predicted octanol–water partition coefficient (Wildman–Crippen LogP) is 3.85. The summed E-state index contributed by atoms with van der Waals surface area (Å²) in [6.45, 7) is 6.06. The van der Waals surface area contributed by atoms with Crippen molar-refractivity contribution in [3.63, 3.8) is 0 Å². The van der Waals surface area contributed by atoms with Gasteiger partial charge in [-0.1, -0.05) is 42.2 Å². The summed E-state index contributed by atoms with van der Waals surface area (Å²) >= 11 is 12.1. The van der Waals surface area contributed by atoms with Crippen LogP contribution in [0.2, 0.25) is 10.0 Å². The van der Waals surface area contributed by atoms with Crippen LogP contribution in [0, 0.1) is 5.92 Å². The first-order chi connectivity index (χ1) is 12.3. The summed E-state index contributed by atoms with van der Waals surface area (Å²) in [4.78, 5) is 29.7. The van der Waals surface area contributed by atoms with E-state index < -0.39 is 12.1 Å². The monoisotopic (exact) mass is 400 g/mol. The molecule has 0 aromatic heterocycles. The molecular formula is C18H22Cl2N2O4. The van der Waals surface area contributed by atoms with E-state index in [2.05, 4.69) is 10.5 Å². The van der Waals surface area contributed by atoms with Gasteiger partial charge < -0.3 is 14.9 Å². The number of esters is 1. The highest BCUT2D eigenvalue weighted by Gasteiger charge is 2.34. The molecule has 142 valence electrons. The zero-order valence-electron chi connectivity index (χ0n) is 14.9. The van der Waals surface area contributed by atoms with Crippen molar-refractivity contribution >= 4 is 40.8 Å². The summed E-state index contributed by atoms with van der Waals surface area (Å²) in [6, 6.07) is 4.32. The van der Waals surface area contributed by atoms with Crippen molar-refractivity contribution in [1.29, 1.82) is 0 Å². The van der Waals surface area contributed by atoms with Gasteiger partial charge in [0.15, 0.2) is 0 Å². The van der Waals surface area contributed by atoms with E-state index >= 15 is 0 Å². The minimum atomic E-state index is -0.772. The molecule has 6 nitrogen and oxygen atoms in total. The average molecular weight is 401 g/mol. The highest BCUT2D eigenvalue weighted by atomic mass is 35.5. The molecule has 1 amide bonds. The second-order valence-electron chi connectivity index (χ2n) is 6.41. The van der Waals surface area contributed by atoms with Crippen LogP contribution >= 0.6 is 23.2 Å². The van der Waals surface area contributed by atoms with E-state index in [1.807, 2.05) is 13.8 Å². The maximum absolute atomic E-state index is 12.6. The first-order valence-electron chi connectivity index (χ1n) is 8.47. The van der Waals surface area contributed by atoms with Crippen molar-refractivity contribution in [1.82, 2.24) is 5.32 Å². The molecule has 2 rings (SSSR count). The third-order valence-electron chi connectivity index (χ3n) is 3.83. The lowest BCUT2D eigenvalue weighted by atomic mass is 9.96. The quantitative estimate of drug-likeness (QED) is 0.705. The van der Waals surface area contributed by atoms with Gasteiger partial charge in [0.05, 0.1) is 28.9 Å². The van der Waals surface area contributed by atoms with Crippen LogP contribution < -0.4 is 5.32 Å². The fourth-order valence-electron chi connectivity index (χ4n) is 2.62. The Kier molecular flexibility index (Phi) is 7.29. The smallest absolute Gasteiger partial charge is 0.350 e. The molecule has 0 bridgehead atoms. The molecule has 8 heteroatoms. The van der Waals surface area contributed by atoms with E-state index in [1.165, 1.54) is 6.07 Å². The Hall–Kier alpha value is -1.79. The number of amides is 1. The molecule has 0 spiro atoms. The minimum absolute atomic E-state index is 0.271. The average Bonchev–Trinajstić information content (AvgIpc) is 3.06. The van der Waals surface area contributed by atoms with Gasteiger partial charge in [0.1, 0.15) is 0 Å². The van der Waals surface area contributed by atoms with E-state index in [-0.39, 0.29) is 30.5 Å². The number of hydrogen-bond acceptors (Lipinski definition) is 5. The Morgan fingerprint density at radius 3 is 2.77 bits per heavy atom. The molecule has 1 aromatic rings. The summed E-state index contributed by atoms with van der Waals surface area (Å²) in [7, 11) is 0. The molecule has 26 heavy (non-hydrogen) atoms. The van der Waals surface area contributed by atoms with Crippen LogP contribution in [0.1, 0.15) is 44.0 Å². The number of hydrogen-bond donors (Lipinski definition) is 1. The molecule has 0 saturated heterocycles. The van der Waals surface area contributed by atoms with Gasteiger partial charge in [-0.25, -0.2) is 4.79 Å². The third kappa shape index (κ3) is 5.35. The van der Waals surface area contributed by atoms with Crippen LogP contribution in [-0.4, -0.2) is 36.3 Å². The second kappa shape index (κ2) is 9.24. The van der Waals surface area contributed by atoms with Crippen molar-refractivity contribution in [2.45, 2.75) is 45.8 Å². The van der Waals surface area contributed by atoms with Crippen LogP contribution in [-0.2, 0) is 14.4 Å².